The third-order valence-electron chi connectivity index (χ3n) is 7.56. The number of aromatic carboxylic acids is 1. The first kappa shape index (κ1) is 26.0. The van der Waals surface area contributed by atoms with Crippen LogP contribution in [0.15, 0.2) is 115 Å². The van der Waals surface area contributed by atoms with Gasteiger partial charge in [-0.1, -0.05) is 73.7 Å². The number of benzene rings is 4. The highest BCUT2D eigenvalue weighted by Gasteiger charge is 2.20. The molecule has 2 N–H and O–H groups in total. The average Bonchev–Trinajstić information content (AvgIpc) is 3.43. The third-order valence-corrected chi connectivity index (χ3v) is 7.56. The summed E-state index contributed by atoms with van der Waals surface area (Å²) in [6.45, 7) is 2.36. The quantitative estimate of drug-likeness (QED) is 0.217. The van der Waals surface area contributed by atoms with Crippen molar-refractivity contribution in [3.8, 4) is 11.1 Å². The molecule has 1 amide bonds. The molecule has 2 heterocycles. The van der Waals surface area contributed by atoms with Crippen molar-refractivity contribution in [3.63, 3.8) is 0 Å². The van der Waals surface area contributed by atoms with Gasteiger partial charge in [0.25, 0.3) is 5.91 Å². The minimum Gasteiger partial charge on any atom is -0.478 e. The van der Waals surface area contributed by atoms with Crippen LogP contribution in [0.25, 0.3) is 27.4 Å². The van der Waals surface area contributed by atoms with Crippen LogP contribution < -0.4 is 5.32 Å². The summed E-state index contributed by atoms with van der Waals surface area (Å²) in [5.74, 6) is -1.60. The van der Waals surface area contributed by atoms with Gasteiger partial charge < -0.3 is 14.8 Å². The molecule has 0 saturated heterocycles. The van der Waals surface area contributed by atoms with E-state index in [2.05, 4.69) is 42.6 Å². The van der Waals surface area contributed by atoms with Crippen LogP contribution in [0.4, 0.5) is 4.39 Å². The van der Waals surface area contributed by atoms with E-state index in [9.17, 15) is 14.0 Å². The number of nitrogens with zero attached hydrogens (tertiary/aromatic N) is 1. The summed E-state index contributed by atoms with van der Waals surface area (Å²) < 4.78 is 15.6. The van der Waals surface area contributed by atoms with E-state index < -0.39 is 5.97 Å². The number of hydrogen-bond donors (Lipinski definition) is 2. The van der Waals surface area contributed by atoms with Gasteiger partial charge in [-0.15, -0.1) is 0 Å². The van der Waals surface area contributed by atoms with Gasteiger partial charge in [-0.2, -0.15) is 0 Å². The van der Waals surface area contributed by atoms with Crippen molar-refractivity contribution in [2.45, 2.75) is 19.4 Å². The number of halogens is 1. The fourth-order valence-electron chi connectivity index (χ4n) is 5.27. The van der Waals surface area contributed by atoms with Gasteiger partial charge in [0.15, 0.2) is 0 Å². The zero-order valence-electron chi connectivity index (χ0n) is 22.3. The van der Waals surface area contributed by atoms with Gasteiger partial charge in [0.05, 0.1) is 5.56 Å². The molecule has 6 aromatic rings. The first-order chi connectivity index (χ1) is 19.9. The Balaban J connectivity index is 1.40. The molecule has 0 bridgehead atoms. The molecule has 0 aliphatic carbocycles. The molecule has 0 saturated carbocycles. The van der Waals surface area contributed by atoms with Crippen LogP contribution in [0.3, 0.4) is 0 Å². The highest BCUT2D eigenvalue weighted by Crippen LogP contribution is 2.32. The zero-order chi connectivity index (χ0) is 28.5. The second kappa shape index (κ2) is 10.7. The molecule has 202 valence electrons. The van der Waals surface area contributed by atoms with E-state index in [0.29, 0.717) is 5.69 Å². The molecule has 2 aromatic heterocycles. The van der Waals surface area contributed by atoms with Crippen LogP contribution >= 0.6 is 0 Å². The number of amides is 1. The summed E-state index contributed by atoms with van der Waals surface area (Å²) in [5, 5.41) is 14.5. The Hall–Kier alpha value is -5.23. The van der Waals surface area contributed by atoms with E-state index in [1.807, 2.05) is 40.8 Å². The molecular weight excluding hydrogens is 515 g/mol. The van der Waals surface area contributed by atoms with E-state index in [0.717, 1.165) is 38.9 Å². The number of carboxylic acid groups (broad SMARTS) is 1. The van der Waals surface area contributed by atoms with Crippen molar-refractivity contribution >= 4 is 28.2 Å². The summed E-state index contributed by atoms with van der Waals surface area (Å²) >= 11 is 0. The van der Waals surface area contributed by atoms with Gasteiger partial charge in [0, 0.05) is 23.7 Å². The molecule has 0 spiro atoms. The molecule has 1 atom stereocenters. The van der Waals surface area contributed by atoms with Crippen LogP contribution in [0, 0.1) is 5.82 Å². The monoisotopic (exact) mass is 542 g/mol. The standard InChI is InChI=1S/C35H27FN2O3/c1-22(27-11-10-24-4-2-3-5-28(24)18-27)32-17-16-31-19-29(25-12-14-30(36)15-13-25)20-33(38(31)32)34(39)37-21-23-6-8-26(9-7-23)35(40)41/h2-20,22H,21H2,1H3,(H,37,39)(H,40,41)/t22-/m0/s1. The molecule has 0 radical (unpaired) electrons. The first-order valence-electron chi connectivity index (χ1n) is 13.4. The maximum Gasteiger partial charge on any atom is 0.335 e. The van der Waals surface area contributed by atoms with Crippen molar-refractivity contribution in [1.29, 1.82) is 0 Å². The number of carbonyl (C=O) groups is 2. The number of carboxylic acids is 1. The Morgan fingerprint density at radius 2 is 1.54 bits per heavy atom. The number of aromatic nitrogens is 1. The van der Waals surface area contributed by atoms with E-state index in [-0.39, 0.29) is 29.8 Å². The molecule has 6 heteroatoms. The van der Waals surface area contributed by atoms with Crippen LogP contribution in [0.1, 0.15) is 50.5 Å². The minimum absolute atomic E-state index is 0.00566. The predicted molar refractivity (Wildman–Crippen MR) is 159 cm³/mol. The fraction of sp³-hybridized carbons (Fsp3) is 0.0857. The molecule has 5 nitrogen and oxygen atoms in total. The lowest BCUT2D eigenvalue weighted by Crippen LogP contribution is -2.25. The smallest absolute Gasteiger partial charge is 0.335 e. The molecule has 0 aliphatic rings. The molecule has 0 fully saturated rings. The molecule has 0 aliphatic heterocycles. The van der Waals surface area contributed by atoms with Crippen molar-refractivity contribution in [2.75, 3.05) is 0 Å². The van der Waals surface area contributed by atoms with Gasteiger partial charge >= 0.3 is 5.97 Å². The van der Waals surface area contributed by atoms with Gasteiger partial charge in [-0.05, 0) is 81.6 Å². The maximum absolute atomic E-state index is 13.7. The summed E-state index contributed by atoms with van der Waals surface area (Å²) in [6, 6.07) is 35.2. The summed E-state index contributed by atoms with van der Waals surface area (Å²) in [7, 11) is 0. The van der Waals surface area contributed by atoms with Crippen LogP contribution in [-0.4, -0.2) is 21.4 Å². The van der Waals surface area contributed by atoms with Crippen molar-refractivity contribution in [3.05, 3.63) is 149 Å². The number of pyridine rings is 1. The Morgan fingerprint density at radius 1 is 0.805 bits per heavy atom. The number of carbonyl (C=O) groups excluding carboxylic acids is 1. The van der Waals surface area contributed by atoms with Crippen molar-refractivity contribution in [1.82, 2.24) is 9.72 Å². The summed E-state index contributed by atoms with van der Waals surface area (Å²) in [6.07, 6.45) is 0. The number of hydrogen-bond acceptors (Lipinski definition) is 2. The van der Waals surface area contributed by atoms with Gasteiger partial charge in [0.1, 0.15) is 11.5 Å². The second-order valence-corrected chi connectivity index (χ2v) is 10.2. The van der Waals surface area contributed by atoms with Gasteiger partial charge in [-0.25, -0.2) is 9.18 Å². The SMILES string of the molecule is C[C@@H](c1ccc2ccccc2c1)c1ccc2cc(-c3ccc(F)cc3)cc(C(=O)NCc3ccc(C(=O)O)cc3)n12. The van der Waals surface area contributed by atoms with Crippen LogP contribution in [-0.2, 0) is 6.54 Å². The highest BCUT2D eigenvalue weighted by atomic mass is 19.1. The number of rotatable bonds is 7. The van der Waals surface area contributed by atoms with Crippen molar-refractivity contribution < 1.29 is 19.1 Å². The second-order valence-electron chi connectivity index (χ2n) is 10.2. The predicted octanol–water partition coefficient (Wildman–Crippen LogP) is 7.68. The molecule has 41 heavy (non-hydrogen) atoms. The lowest BCUT2D eigenvalue weighted by atomic mass is 9.95. The molecule has 6 rings (SSSR count). The largest absolute Gasteiger partial charge is 0.478 e. The van der Waals surface area contributed by atoms with Gasteiger partial charge in [0.2, 0.25) is 0 Å². The highest BCUT2D eigenvalue weighted by molar-refractivity contribution is 5.95. The zero-order valence-corrected chi connectivity index (χ0v) is 22.3. The van der Waals surface area contributed by atoms with E-state index in [4.69, 9.17) is 5.11 Å². The lowest BCUT2D eigenvalue weighted by molar-refractivity contribution is 0.0696. The number of fused-ring (bicyclic) bond motifs is 2. The summed E-state index contributed by atoms with van der Waals surface area (Å²) in [4.78, 5) is 24.9. The van der Waals surface area contributed by atoms with E-state index in [1.165, 1.54) is 29.7 Å². The van der Waals surface area contributed by atoms with E-state index >= 15 is 0 Å². The molecule has 4 aromatic carbocycles. The van der Waals surface area contributed by atoms with Crippen LogP contribution in [0.2, 0.25) is 0 Å². The summed E-state index contributed by atoms with van der Waals surface area (Å²) in [5.41, 5.74) is 5.99. The third kappa shape index (κ3) is 5.20. The maximum atomic E-state index is 13.7. The number of nitrogens with one attached hydrogen (secondary N) is 1. The first-order valence-corrected chi connectivity index (χ1v) is 13.4. The minimum atomic E-state index is -0.999. The molecular formula is C35H27FN2O3. The Bertz CT molecular complexity index is 1910. The Labute approximate surface area is 236 Å². The Morgan fingerprint density at radius 3 is 2.27 bits per heavy atom. The fourth-order valence-corrected chi connectivity index (χ4v) is 5.27. The topological polar surface area (TPSA) is 70.8 Å². The molecule has 0 unspecified atom stereocenters. The Kier molecular flexibility index (Phi) is 6.81. The van der Waals surface area contributed by atoms with Gasteiger partial charge in [-0.3, -0.25) is 4.79 Å². The average molecular weight is 543 g/mol. The van der Waals surface area contributed by atoms with E-state index in [1.54, 1.807) is 24.3 Å². The van der Waals surface area contributed by atoms with Crippen LogP contribution in [0.5, 0.6) is 0 Å². The normalized spacial score (nSPS) is 12.0. The lowest BCUT2D eigenvalue weighted by Gasteiger charge is -2.18. The van der Waals surface area contributed by atoms with Crippen molar-refractivity contribution in [2.24, 2.45) is 0 Å².